The third kappa shape index (κ3) is 4.74. The number of aryl methyl sites for hydroxylation is 1. The minimum Gasteiger partial charge on any atom is -0.365 e. The van der Waals surface area contributed by atoms with Crippen LogP contribution in [-0.4, -0.2) is 37.6 Å². The summed E-state index contributed by atoms with van der Waals surface area (Å²) in [6, 6.07) is 15.5. The number of nitrogens with one attached hydrogen (secondary N) is 1. The van der Waals surface area contributed by atoms with Crippen molar-refractivity contribution in [2.45, 2.75) is 32.8 Å². The molecule has 2 amide bonds. The van der Waals surface area contributed by atoms with Crippen molar-refractivity contribution in [3.63, 3.8) is 0 Å². The van der Waals surface area contributed by atoms with Gasteiger partial charge in [-0.05, 0) is 42.7 Å². The van der Waals surface area contributed by atoms with Gasteiger partial charge in [0, 0.05) is 17.8 Å². The highest BCUT2D eigenvalue weighted by atomic mass is 16.5. The number of benzene rings is 2. The molecule has 1 aliphatic heterocycles. The number of hydrogen-bond acceptors (Lipinski definition) is 3. The number of morpholine rings is 1. The summed E-state index contributed by atoms with van der Waals surface area (Å²) in [4.78, 5) is 26.3. The maximum absolute atomic E-state index is 12.3. The Bertz CT molecular complexity index is 797. The van der Waals surface area contributed by atoms with E-state index in [1.807, 2.05) is 31.2 Å². The van der Waals surface area contributed by atoms with Crippen LogP contribution in [0.25, 0.3) is 0 Å². The van der Waals surface area contributed by atoms with E-state index < -0.39 is 0 Å². The van der Waals surface area contributed by atoms with Gasteiger partial charge in [0.2, 0.25) is 0 Å². The maximum atomic E-state index is 12.3. The quantitative estimate of drug-likeness (QED) is 0.883. The third-order valence-corrected chi connectivity index (χ3v) is 4.81. The molecule has 0 aromatic heterocycles. The molecule has 2 aromatic carbocycles. The van der Waals surface area contributed by atoms with Crippen LogP contribution in [0, 0.1) is 6.92 Å². The number of amides is 2. The number of anilines is 1. The molecule has 142 valence electrons. The summed E-state index contributed by atoms with van der Waals surface area (Å²) >= 11 is 0. The van der Waals surface area contributed by atoms with Crippen LogP contribution in [0.4, 0.5) is 5.69 Å². The van der Waals surface area contributed by atoms with Gasteiger partial charge in [0.05, 0.1) is 12.6 Å². The van der Waals surface area contributed by atoms with Crippen LogP contribution in [0.5, 0.6) is 0 Å². The van der Waals surface area contributed by atoms with Gasteiger partial charge in [-0.3, -0.25) is 9.59 Å². The maximum Gasteiger partial charge on any atom is 0.253 e. The standard InChI is InChI=1S/C22H26N2O3/c1-15(2)17-8-10-19(11-9-17)24-13-20(27-14-21(24)25)12-23-22(26)18-6-4-16(3)5-7-18/h4-11,15,20H,12-14H2,1-3H3,(H,23,26). The predicted molar refractivity (Wildman–Crippen MR) is 106 cm³/mol. The van der Waals surface area contributed by atoms with Gasteiger partial charge in [-0.2, -0.15) is 0 Å². The van der Waals surface area contributed by atoms with E-state index in [0.717, 1.165) is 11.3 Å². The fraction of sp³-hybridized carbons (Fsp3) is 0.364. The summed E-state index contributed by atoms with van der Waals surface area (Å²) in [5.74, 6) is 0.251. The smallest absolute Gasteiger partial charge is 0.253 e. The molecule has 1 atom stereocenters. The number of rotatable bonds is 5. The highest BCUT2D eigenvalue weighted by Crippen LogP contribution is 2.22. The van der Waals surface area contributed by atoms with Gasteiger partial charge in [-0.15, -0.1) is 0 Å². The van der Waals surface area contributed by atoms with E-state index in [2.05, 4.69) is 31.3 Å². The normalized spacial score (nSPS) is 17.3. The summed E-state index contributed by atoms with van der Waals surface area (Å²) in [5, 5.41) is 2.90. The molecule has 0 spiro atoms. The van der Waals surface area contributed by atoms with E-state index in [1.54, 1.807) is 17.0 Å². The highest BCUT2D eigenvalue weighted by molar-refractivity contribution is 5.95. The molecular weight excluding hydrogens is 340 g/mol. The van der Waals surface area contributed by atoms with Crippen LogP contribution < -0.4 is 10.2 Å². The molecule has 1 heterocycles. The second-order valence-corrected chi connectivity index (χ2v) is 7.26. The van der Waals surface area contributed by atoms with E-state index in [9.17, 15) is 9.59 Å². The molecule has 2 aromatic rings. The first-order chi connectivity index (χ1) is 12.9. The van der Waals surface area contributed by atoms with Crippen LogP contribution in [0.3, 0.4) is 0 Å². The highest BCUT2D eigenvalue weighted by Gasteiger charge is 2.27. The summed E-state index contributed by atoms with van der Waals surface area (Å²) in [5.41, 5.74) is 3.83. The molecule has 5 nitrogen and oxygen atoms in total. The van der Waals surface area contributed by atoms with Gasteiger partial charge in [0.25, 0.3) is 11.8 Å². The molecule has 3 rings (SSSR count). The van der Waals surface area contributed by atoms with Gasteiger partial charge >= 0.3 is 0 Å². The number of carbonyl (C=O) groups excluding carboxylic acids is 2. The average molecular weight is 366 g/mol. The predicted octanol–water partition coefficient (Wildman–Crippen LogP) is 3.28. The first-order valence-electron chi connectivity index (χ1n) is 9.31. The Kier molecular flexibility index (Phi) is 5.91. The Morgan fingerprint density at radius 1 is 1.15 bits per heavy atom. The lowest BCUT2D eigenvalue weighted by Crippen LogP contribution is -2.50. The van der Waals surface area contributed by atoms with E-state index >= 15 is 0 Å². The molecular formula is C22H26N2O3. The molecule has 1 aliphatic rings. The van der Waals surface area contributed by atoms with E-state index in [1.165, 1.54) is 5.56 Å². The lowest BCUT2D eigenvalue weighted by atomic mass is 10.0. The van der Waals surface area contributed by atoms with Gasteiger partial charge in [0.15, 0.2) is 0 Å². The zero-order valence-corrected chi connectivity index (χ0v) is 16.1. The van der Waals surface area contributed by atoms with E-state index in [4.69, 9.17) is 4.74 Å². The van der Waals surface area contributed by atoms with Crippen molar-refractivity contribution in [2.24, 2.45) is 0 Å². The van der Waals surface area contributed by atoms with Crippen LogP contribution in [0.1, 0.15) is 41.3 Å². The van der Waals surface area contributed by atoms with Crippen LogP contribution in [0.2, 0.25) is 0 Å². The first kappa shape index (κ1) is 19.1. The second-order valence-electron chi connectivity index (χ2n) is 7.26. The Balaban J connectivity index is 1.60. The summed E-state index contributed by atoms with van der Waals surface area (Å²) in [7, 11) is 0. The zero-order valence-electron chi connectivity index (χ0n) is 16.1. The zero-order chi connectivity index (χ0) is 19.4. The lowest BCUT2D eigenvalue weighted by Gasteiger charge is -2.33. The number of ether oxygens (including phenoxy) is 1. The molecule has 1 fully saturated rings. The molecule has 1 saturated heterocycles. The molecule has 1 unspecified atom stereocenters. The van der Waals surface area contributed by atoms with Crippen molar-refractivity contribution in [2.75, 3.05) is 24.6 Å². The minimum atomic E-state index is -0.234. The number of nitrogens with zero attached hydrogens (tertiary/aromatic N) is 1. The Morgan fingerprint density at radius 3 is 2.44 bits per heavy atom. The fourth-order valence-electron chi connectivity index (χ4n) is 3.05. The van der Waals surface area contributed by atoms with E-state index in [-0.39, 0.29) is 24.5 Å². The van der Waals surface area contributed by atoms with E-state index in [0.29, 0.717) is 24.6 Å². The first-order valence-corrected chi connectivity index (χ1v) is 9.31. The SMILES string of the molecule is Cc1ccc(C(=O)NCC2CN(c3ccc(C(C)C)cc3)C(=O)CO2)cc1. The van der Waals surface area contributed by atoms with Crippen molar-refractivity contribution in [1.29, 1.82) is 0 Å². The third-order valence-electron chi connectivity index (χ3n) is 4.81. The van der Waals surface area contributed by atoms with Crippen molar-refractivity contribution in [3.8, 4) is 0 Å². The van der Waals surface area contributed by atoms with Gasteiger partial charge in [-0.1, -0.05) is 43.7 Å². The van der Waals surface area contributed by atoms with Crippen molar-refractivity contribution >= 4 is 17.5 Å². The summed E-state index contributed by atoms with van der Waals surface area (Å²) in [6.07, 6.45) is -0.234. The second kappa shape index (κ2) is 8.35. The van der Waals surface area contributed by atoms with Gasteiger partial charge in [-0.25, -0.2) is 0 Å². The van der Waals surface area contributed by atoms with Crippen LogP contribution >= 0.6 is 0 Å². The largest absolute Gasteiger partial charge is 0.365 e. The number of carbonyl (C=O) groups is 2. The Hall–Kier alpha value is -2.66. The van der Waals surface area contributed by atoms with Crippen molar-refractivity contribution in [3.05, 3.63) is 65.2 Å². The molecule has 5 heteroatoms. The molecule has 0 saturated carbocycles. The number of hydrogen-bond donors (Lipinski definition) is 1. The topological polar surface area (TPSA) is 58.6 Å². The molecule has 0 bridgehead atoms. The average Bonchev–Trinajstić information content (AvgIpc) is 2.67. The molecule has 0 aliphatic carbocycles. The van der Waals surface area contributed by atoms with Crippen LogP contribution in [0.15, 0.2) is 48.5 Å². The molecule has 27 heavy (non-hydrogen) atoms. The lowest BCUT2D eigenvalue weighted by molar-refractivity contribution is -0.129. The fourth-order valence-corrected chi connectivity index (χ4v) is 3.05. The molecule has 1 N–H and O–H groups in total. The van der Waals surface area contributed by atoms with Crippen LogP contribution in [-0.2, 0) is 9.53 Å². The van der Waals surface area contributed by atoms with Crippen molar-refractivity contribution in [1.82, 2.24) is 5.32 Å². The van der Waals surface area contributed by atoms with Gasteiger partial charge < -0.3 is 15.0 Å². The van der Waals surface area contributed by atoms with Gasteiger partial charge in [0.1, 0.15) is 6.61 Å². The Labute approximate surface area is 160 Å². The molecule has 0 radical (unpaired) electrons. The summed E-state index contributed by atoms with van der Waals surface area (Å²) in [6.45, 7) is 7.08. The minimum absolute atomic E-state index is 0.0248. The summed E-state index contributed by atoms with van der Waals surface area (Å²) < 4.78 is 5.60. The van der Waals surface area contributed by atoms with Crippen molar-refractivity contribution < 1.29 is 14.3 Å². The Morgan fingerprint density at radius 2 is 1.81 bits per heavy atom. The monoisotopic (exact) mass is 366 g/mol.